The van der Waals surface area contributed by atoms with E-state index in [1.165, 1.54) is 25.3 Å². The molecule has 0 aliphatic heterocycles. The fourth-order valence-corrected chi connectivity index (χ4v) is 3.24. The van der Waals surface area contributed by atoms with E-state index in [4.69, 9.17) is 4.74 Å². The molecule has 31 heavy (non-hydrogen) atoms. The first-order valence-corrected chi connectivity index (χ1v) is 9.44. The molecule has 3 rings (SSSR count). The van der Waals surface area contributed by atoms with E-state index < -0.39 is 11.9 Å². The largest absolute Gasteiger partial charge is 0.508 e. The van der Waals surface area contributed by atoms with Gasteiger partial charge in [-0.25, -0.2) is 4.79 Å². The molecule has 2 N–H and O–H groups in total. The van der Waals surface area contributed by atoms with Crippen LogP contribution in [0.3, 0.4) is 0 Å². The van der Waals surface area contributed by atoms with Gasteiger partial charge in [-0.1, -0.05) is 0 Å². The fourth-order valence-electron chi connectivity index (χ4n) is 3.24. The number of nitrogens with one attached hydrogen (secondary N) is 1. The minimum atomic E-state index is -0.541. The molecular weight excluding hydrogens is 394 g/mol. The Morgan fingerprint density at radius 3 is 2.32 bits per heavy atom. The highest BCUT2D eigenvalue weighted by molar-refractivity contribution is 6.09. The number of carbonyl (C=O) groups is 2. The second-order valence-corrected chi connectivity index (χ2v) is 6.87. The highest BCUT2D eigenvalue weighted by atomic mass is 16.5. The van der Waals surface area contributed by atoms with Crippen LogP contribution in [-0.4, -0.2) is 28.7 Å². The van der Waals surface area contributed by atoms with E-state index in [1.54, 1.807) is 24.3 Å². The molecule has 0 fully saturated rings. The van der Waals surface area contributed by atoms with Gasteiger partial charge in [0.1, 0.15) is 17.4 Å². The van der Waals surface area contributed by atoms with Gasteiger partial charge in [-0.3, -0.25) is 4.79 Å². The van der Waals surface area contributed by atoms with Gasteiger partial charge >= 0.3 is 5.97 Å². The van der Waals surface area contributed by atoms with Crippen molar-refractivity contribution in [1.82, 2.24) is 4.57 Å². The van der Waals surface area contributed by atoms with Gasteiger partial charge in [-0.2, -0.15) is 5.26 Å². The minimum absolute atomic E-state index is 0.0469. The zero-order valence-corrected chi connectivity index (χ0v) is 17.3. The summed E-state index contributed by atoms with van der Waals surface area (Å²) in [6, 6.07) is 16.8. The maximum Gasteiger partial charge on any atom is 0.337 e. The van der Waals surface area contributed by atoms with Crippen LogP contribution in [0.25, 0.3) is 11.8 Å². The van der Waals surface area contributed by atoms with Crippen molar-refractivity contribution in [3.05, 3.63) is 82.7 Å². The third-order valence-corrected chi connectivity index (χ3v) is 4.81. The summed E-state index contributed by atoms with van der Waals surface area (Å²) in [6.07, 6.45) is 1.54. The first kappa shape index (κ1) is 21.4. The van der Waals surface area contributed by atoms with Crippen molar-refractivity contribution in [2.24, 2.45) is 0 Å². The Kier molecular flexibility index (Phi) is 6.22. The standard InChI is InChI=1S/C24H21N3O4/c1-15-12-18(13-19(14-25)23(29)26-20-6-10-22(28)11-7-20)16(2)27(15)21-8-4-17(5-9-21)24(30)31-3/h4-13,28H,1-3H3,(H,26,29)/b19-13-. The lowest BCUT2D eigenvalue weighted by atomic mass is 10.1. The zero-order valence-electron chi connectivity index (χ0n) is 17.3. The number of ether oxygens (including phenoxy) is 1. The van der Waals surface area contributed by atoms with Gasteiger partial charge in [0.05, 0.1) is 12.7 Å². The summed E-state index contributed by atoms with van der Waals surface area (Å²) in [7, 11) is 1.33. The Morgan fingerprint density at radius 1 is 1.10 bits per heavy atom. The number of amides is 1. The fraction of sp³-hybridized carbons (Fsp3) is 0.125. The molecule has 1 heterocycles. The van der Waals surface area contributed by atoms with Crippen LogP contribution >= 0.6 is 0 Å². The molecule has 0 saturated carbocycles. The number of nitrogens with zero attached hydrogens (tertiary/aromatic N) is 2. The summed E-state index contributed by atoms with van der Waals surface area (Å²) in [4.78, 5) is 24.2. The molecule has 1 amide bonds. The third kappa shape index (κ3) is 4.65. The van der Waals surface area contributed by atoms with Crippen molar-refractivity contribution in [3.8, 4) is 17.5 Å². The monoisotopic (exact) mass is 415 g/mol. The van der Waals surface area contributed by atoms with Crippen LogP contribution in [-0.2, 0) is 9.53 Å². The van der Waals surface area contributed by atoms with Crippen molar-refractivity contribution in [1.29, 1.82) is 5.26 Å². The number of aromatic hydroxyl groups is 1. The number of anilines is 1. The zero-order chi connectivity index (χ0) is 22.5. The van der Waals surface area contributed by atoms with E-state index in [2.05, 4.69) is 5.32 Å². The van der Waals surface area contributed by atoms with Crippen LogP contribution < -0.4 is 5.32 Å². The summed E-state index contributed by atoms with van der Waals surface area (Å²) in [5.74, 6) is -0.865. The summed E-state index contributed by atoms with van der Waals surface area (Å²) >= 11 is 0. The van der Waals surface area contributed by atoms with Gasteiger partial charge in [0.2, 0.25) is 0 Å². The molecule has 0 bridgehead atoms. The molecular formula is C24H21N3O4. The lowest BCUT2D eigenvalue weighted by Gasteiger charge is -2.10. The predicted molar refractivity (Wildman–Crippen MR) is 117 cm³/mol. The number of hydrogen-bond acceptors (Lipinski definition) is 5. The molecule has 7 heteroatoms. The highest BCUT2D eigenvalue weighted by Crippen LogP contribution is 2.24. The number of benzene rings is 2. The van der Waals surface area contributed by atoms with Crippen LogP contribution in [0.15, 0.2) is 60.2 Å². The quantitative estimate of drug-likeness (QED) is 0.282. The number of carbonyl (C=O) groups excluding carboxylic acids is 2. The van der Waals surface area contributed by atoms with Crippen LogP contribution in [0.2, 0.25) is 0 Å². The maximum absolute atomic E-state index is 12.5. The molecule has 7 nitrogen and oxygen atoms in total. The molecule has 0 atom stereocenters. The van der Waals surface area contributed by atoms with Crippen molar-refractivity contribution in [2.75, 3.05) is 12.4 Å². The Morgan fingerprint density at radius 2 is 1.74 bits per heavy atom. The van der Waals surface area contributed by atoms with Gasteiger partial charge in [-0.15, -0.1) is 0 Å². The number of rotatable bonds is 5. The minimum Gasteiger partial charge on any atom is -0.508 e. The molecule has 156 valence electrons. The summed E-state index contributed by atoms with van der Waals surface area (Å²) < 4.78 is 6.70. The van der Waals surface area contributed by atoms with Gasteiger partial charge in [0.15, 0.2) is 0 Å². The van der Waals surface area contributed by atoms with E-state index >= 15 is 0 Å². The van der Waals surface area contributed by atoms with E-state index in [0.717, 1.165) is 22.6 Å². The number of phenols is 1. The smallest absolute Gasteiger partial charge is 0.337 e. The van der Waals surface area contributed by atoms with Crippen LogP contribution in [0.4, 0.5) is 5.69 Å². The molecule has 3 aromatic rings. The molecule has 0 aliphatic carbocycles. The van der Waals surface area contributed by atoms with Gasteiger partial charge in [-0.05, 0) is 80.1 Å². The summed E-state index contributed by atoms with van der Waals surface area (Å²) in [5.41, 5.74) is 4.20. The Hall–Kier alpha value is -4.31. The number of aromatic nitrogens is 1. The second kappa shape index (κ2) is 9.01. The lowest BCUT2D eigenvalue weighted by molar-refractivity contribution is -0.112. The Bertz CT molecular complexity index is 1200. The van der Waals surface area contributed by atoms with E-state index in [-0.39, 0.29) is 11.3 Å². The molecule has 0 spiro atoms. The van der Waals surface area contributed by atoms with E-state index in [0.29, 0.717) is 11.3 Å². The van der Waals surface area contributed by atoms with Crippen molar-refractivity contribution < 1.29 is 19.4 Å². The normalized spacial score (nSPS) is 11.0. The third-order valence-electron chi connectivity index (χ3n) is 4.81. The average molecular weight is 415 g/mol. The predicted octanol–water partition coefficient (Wildman–Crippen LogP) is 4.13. The van der Waals surface area contributed by atoms with Crippen LogP contribution in [0, 0.1) is 25.2 Å². The number of methoxy groups -OCH3 is 1. The van der Waals surface area contributed by atoms with E-state index in [1.807, 2.05) is 42.7 Å². The summed E-state index contributed by atoms with van der Waals surface area (Å²) in [6.45, 7) is 3.81. The van der Waals surface area contributed by atoms with Gasteiger partial charge < -0.3 is 19.7 Å². The molecule has 0 aliphatic rings. The number of aryl methyl sites for hydroxylation is 1. The van der Waals surface area contributed by atoms with Crippen molar-refractivity contribution in [2.45, 2.75) is 13.8 Å². The molecule has 1 aromatic heterocycles. The molecule has 0 saturated heterocycles. The first-order valence-electron chi connectivity index (χ1n) is 9.44. The molecule has 2 aromatic carbocycles. The van der Waals surface area contributed by atoms with Crippen LogP contribution in [0.5, 0.6) is 5.75 Å². The number of esters is 1. The lowest BCUT2D eigenvalue weighted by Crippen LogP contribution is -2.13. The second-order valence-electron chi connectivity index (χ2n) is 6.87. The van der Waals surface area contributed by atoms with E-state index in [9.17, 15) is 20.0 Å². The van der Waals surface area contributed by atoms with Crippen molar-refractivity contribution in [3.63, 3.8) is 0 Å². The maximum atomic E-state index is 12.5. The Labute approximate surface area is 179 Å². The number of hydrogen-bond donors (Lipinski definition) is 2. The molecule has 0 unspecified atom stereocenters. The Balaban J connectivity index is 1.90. The van der Waals surface area contributed by atoms with Crippen molar-refractivity contribution >= 4 is 23.6 Å². The number of nitriles is 1. The molecule has 0 radical (unpaired) electrons. The highest BCUT2D eigenvalue weighted by Gasteiger charge is 2.14. The van der Waals surface area contributed by atoms with Gasteiger partial charge in [0, 0.05) is 22.8 Å². The number of phenolic OH excluding ortho intramolecular Hbond substituents is 1. The summed E-state index contributed by atoms with van der Waals surface area (Å²) in [5, 5.41) is 21.5. The SMILES string of the molecule is COC(=O)c1ccc(-n2c(C)cc(/C=C(/C#N)C(=O)Nc3ccc(O)cc3)c2C)cc1. The average Bonchev–Trinajstić information content (AvgIpc) is 3.05. The topological polar surface area (TPSA) is 104 Å². The first-order chi connectivity index (χ1) is 14.8. The van der Waals surface area contributed by atoms with Crippen LogP contribution in [0.1, 0.15) is 27.3 Å². The van der Waals surface area contributed by atoms with Gasteiger partial charge in [0.25, 0.3) is 5.91 Å².